The third-order valence-corrected chi connectivity index (χ3v) is 2.84. The minimum atomic E-state index is -0.0896. The molecule has 0 radical (unpaired) electrons. The van der Waals surface area contributed by atoms with Gasteiger partial charge in [0.15, 0.2) is 0 Å². The lowest BCUT2D eigenvalue weighted by atomic mass is 10.2. The fourth-order valence-corrected chi connectivity index (χ4v) is 1.70. The maximum Gasteiger partial charge on any atom is 0.267 e. The van der Waals surface area contributed by atoms with Gasteiger partial charge in [0.2, 0.25) is 0 Å². The van der Waals surface area contributed by atoms with Crippen LogP contribution in [0.25, 0.3) is 0 Å². The molecule has 0 saturated carbocycles. The lowest BCUT2D eigenvalue weighted by molar-refractivity contribution is 0.637. The van der Waals surface area contributed by atoms with Crippen LogP contribution in [-0.2, 0) is 6.54 Å². The second-order valence-corrected chi connectivity index (χ2v) is 3.97. The Morgan fingerprint density at radius 2 is 2.00 bits per heavy atom. The van der Waals surface area contributed by atoms with Crippen LogP contribution in [0.1, 0.15) is 5.56 Å². The topological polar surface area (TPSA) is 34.9 Å². The highest BCUT2D eigenvalue weighted by Gasteiger charge is 2.01. The summed E-state index contributed by atoms with van der Waals surface area (Å²) in [7, 11) is 0. The third-order valence-electron chi connectivity index (χ3n) is 2.06. The first-order valence-corrected chi connectivity index (χ1v) is 5.32. The minimum Gasteiger partial charge on any atom is -0.268 e. The molecule has 0 fully saturated rings. The molecule has 2 rings (SSSR count). The zero-order chi connectivity index (χ0) is 10.7. The number of halogens is 1. The summed E-state index contributed by atoms with van der Waals surface area (Å²) in [5.74, 6) is 0. The Bertz CT molecular complexity index is 522. The lowest BCUT2D eigenvalue weighted by Gasteiger charge is -2.05. The Morgan fingerprint density at radius 3 is 2.73 bits per heavy atom. The van der Waals surface area contributed by atoms with E-state index in [2.05, 4.69) is 21.0 Å². The van der Waals surface area contributed by atoms with E-state index in [9.17, 15) is 4.79 Å². The smallest absolute Gasteiger partial charge is 0.267 e. The molecule has 76 valence electrons. The number of hydrogen-bond donors (Lipinski definition) is 0. The zero-order valence-electron chi connectivity index (χ0n) is 7.93. The molecule has 2 aromatic rings. The number of nitrogens with zero attached hydrogens (tertiary/aromatic N) is 2. The molecule has 0 bridgehead atoms. The predicted molar refractivity (Wildman–Crippen MR) is 61.7 cm³/mol. The van der Waals surface area contributed by atoms with Crippen molar-refractivity contribution in [3.63, 3.8) is 0 Å². The molecule has 0 atom stereocenters. The molecule has 0 aliphatic carbocycles. The minimum absolute atomic E-state index is 0.0896. The Hall–Kier alpha value is -1.42. The van der Waals surface area contributed by atoms with Crippen LogP contribution < -0.4 is 5.56 Å². The largest absolute Gasteiger partial charge is 0.268 e. The van der Waals surface area contributed by atoms with Crippen molar-refractivity contribution in [2.75, 3.05) is 0 Å². The van der Waals surface area contributed by atoms with Crippen molar-refractivity contribution in [1.82, 2.24) is 9.78 Å². The number of benzene rings is 1. The van der Waals surface area contributed by atoms with Gasteiger partial charge in [0.1, 0.15) is 0 Å². The Kier molecular flexibility index (Phi) is 2.97. The van der Waals surface area contributed by atoms with Gasteiger partial charge in [-0.1, -0.05) is 34.1 Å². The molecule has 0 aliphatic heterocycles. The van der Waals surface area contributed by atoms with Crippen molar-refractivity contribution < 1.29 is 0 Å². The second-order valence-electron chi connectivity index (χ2n) is 3.11. The molecular formula is C11H9BrN2O. The van der Waals surface area contributed by atoms with E-state index in [1.165, 1.54) is 10.7 Å². The predicted octanol–water partition coefficient (Wildman–Crippen LogP) is 2.05. The van der Waals surface area contributed by atoms with Crippen molar-refractivity contribution in [1.29, 1.82) is 0 Å². The molecule has 4 heteroatoms. The summed E-state index contributed by atoms with van der Waals surface area (Å²) in [5.41, 5.74) is 0.951. The Labute approximate surface area is 95.5 Å². The average Bonchev–Trinajstić information content (AvgIpc) is 2.24. The van der Waals surface area contributed by atoms with Gasteiger partial charge in [-0.2, -0.15) is 5.10 Å². The Morgan fingerprint density at radius 1 is 1.20 bits per heavy atom. The SMILES string of the molecule is O=c1cccnn1Cc1ccccc1Br. The van der Waals surface area contributed by atoms with Gasteiger partial charge >= 0.3 is 0 Å². The number of aromatic nitrogens is 2. The number of hydrogen-bond acceptors (Lipinski definition) is 2. The van der Waals surface area contributed by atoms with Gasteiger partial charge in [0.25, 0.3) is 5.56 Å². The van der Waals surface area contributed by atoms with E-state index in [1.807, 2.05) is 24.3 Å². The van der Waals surface area contributed by atoms with Crippen LogP contribution in [0, 0.1) is 0 Å². The third kappa shape index (κ3) is 2.33. The highest BCUT2D eigenvalue weighted by Crippen LogP contribution is 2.15. The summed E-state index contributed by atoms with van der Waals surface area (Å²) in [6.45, 7) is 0.487. The molecule has 3 nitrogen and oxygen atoms in total. The summed E-state index contributed by atoms with van der Waals surface area (Å²) in [5, 5.41) is 4.00. The summed E-state index contributed by atoms with van der Waals surface area (Å²) in [4.78, 5) is 11.4. The molecule has 0 N–H and O–H groups in total. The zero-order valence-corrected chi connectivity index (χ0v) is 9.52. The van der Waals surface area contributed by atoms with Gasteiger partial charge < -0.3 is 0 Å². The van der Waals surface area contributed by atoms with E-state index in [1.54, 1.807) is 12.3 Å². The standard InChI is InChI=1S/C11H9BrN2O/c12-10-5-2-1-4-9(10)8-14-11(15)6-3-7-13-14/h1-7H,8H2. The van der Waals surface area contributed by atoms with E-state index in [-0.39, 0.29) is 5.56 Å². The van der Waals surface area contributed by atoms with Gasteiger partial charge in [0, 0.05) is 16.7 Å². The lowest BCUT2D eigenvalue weighted by Crippen LogP contribution is -2.21. The molecule has 1 aromatic heterocycles. The molecule has 0 aliphatic rings. The van der Waals surface area contributed by atoms with Crippen LogP contribution >= 0.6 is 15.9 Å². The van der Waals surface area contributed by atoms with Crippen molar-refractivity contribution in [2.45, 2.75) is 6.54 Å². The normalized spacial score (nSPS) is 10.2. The molecule has 0 unspecified atom stereocenters. The summed E-state index contributed by atoms with van der Waals surface area (Å²) in [6, 6.07) is 10.9. The van der Waals surface area contributed by atoms with Gasteiger partial charge in [-0.3, -0.25) is 4.79 Å². The number of rotatable bonds is 2. The summed E-state index contributed by atoms with van der Waals surface area (Å²) >= 11 is 3.44. The van der Waals surface area contributed by atoms with Crippen LogP contribution in [0.4, 0.5) is 0 Å². The fraction of sp³-hybridized carbons (Fsp3) is 0.0909. The molecule has 1 heterocycles. The summed E-state index contributed by atoms with van der Waals surface area (Å²) < 4.78 is 2.42. The van der Waals surface area contributed by atoms with Crippen molar-refractivity contribution >= 4 is 15.9 Å². The first-order chi connectivity index (χ1) is 7.27. The van der Waals surface area contributed by atoms with E-state index < -0.39 is 0 Å². The van der Waals surface area contributed by atoms with Gasteiger partial charge in [-0.15, -0.1) is 0 Å². The molecule has 0 spiro atoms. The second kappa shape index (κ2) is 4.40. The maximum atomic E-state index is 11.4. The maximum absolute atomic E-state index is 11.4. The quantitative estimate of drug-likeness (QED) is 0.833. The first-order valence-electron chi connectivity index (χ1n) is 4.53. The van der Waals surface area contributed by atoms with Crippen molar-refractivity contribution in [2.24, 2.45) is 0 Å². The van der Waals surface area contributed by atoms with Crippen LogP contribution in [0.3, 0.4) is 0 Å². The first kappa shape index (κ1) is 10.1. The highest BCUT2D eigenvalue weighted by atomic mass is 79.9. The monoisotopic (exact) mass is 264 g/mol. The van der Waals surface area contributed by atoms with Crippen LogP contribution in [0.2, 0.25) is 0 Å². The molecule has 15 heavy (non-hydrogen) atoms. The molecule has 0 amide bonds. The van der Waals surface area contributed by atoms with E-state index in [0.717, 1.165) is 10.0 Å². The van der Waals surface area contributed by atoms with Crippen molar-refractivity contribution in [3.05, 3.63) is 63.0 Å². The molecular weight excluding hydrogens is 256 g/mol. The van der Waals surface area contributed by atoms with E-state index in [0.29, 0.717) is 6.54 Å². The molecule has 1 aromatic carbocycles. The van der Waals surface area contributed by atoms with E-state index in [4.69, 9.17) is 0 Å². The van der Waals surface area contributed by atoms with Gasteiger partial charge in [-0.05, 0) is 17.7 Å². The van der Waals surface area contributed by atoms with Crippen LogP contribution in [0.15, 0.2) is 51.9 Å². The Balaban J connectivity index is 2.34. The fourth-order valence-electron chi connectivity index (χ4n) is 1.29. The van der Waals surface area contributed by atoms with Crippen LogP contribution in [0.5, 0.6) is 0 Å². The summed E-state index contributed by atoms with van der Waals surface area (Å²) in [6.07, 6.45) is 1.61. The van der Waals surface area contributed by atoms with Gasteiger partial charge in [0.05, 0.1) is 6.54 Å². The van der Waals surface area contributed by atoms with E-state index >= 15 is 0 Å². The van der Waals surface area contributed by atoms with Gasteiger partial charge in [-0.25, -0.2) is 4.68 Å². The van der Waals surface area contributed by atoms with Crippen molar-refractivity contribution in [3.8, 4) is 0 Å². The van der Waals surface area contributed by atoms with Crippen LogP contribution in [-0.4, -0.2) is 9.78 Å². The highest BCUT2D eigenvalue weighted by molar-refractivity contribution is 9.10. The average molecular weight is 265 g/mol. The molecule has 0 saturated heterocycles.